The van der Waals surface area contributed by atoms with Crippen LogP contribution >= 0.6 is 0 Å². The van der Waals surface area contributed by atoms with Crippen molar-refractivity contribution < 1.29 is 29.0 Å². The average Bonchev–Trinajstić information content (AvgIpc) is 3.69. The van der Waals surface area contributed by atoms with Gasteiger partial charge in [-0.15, -0.1) is 0 Å². The molecule has 4 aromatic carbocycles. The highest BCUT2D eigenvalue weighted by Crippen LogP contribution is 2.34. The molecule has 0 saturated heterocycles. The van der Waals surface area contributed by atoms with Crippen LogP contribution in [0.5, 0.6) is 0 Å². The number of imidazole rings is 1. The van der Waals surface area contributed by atoms with E-state index < -0.39 is 53.3 Å². The van der Waals surface area contributed by atoms with Gasteiger partial charge < -0.3 is 25.5 Å². The zero-order chi connectivity index (χ0) is 38.2. The smallest absolute Gasteiger partial charge is 0.354 e. The Labute approximate surface area is 315 Å². The van der Waals surface area contributed by atoms with E-state index in [0.29, 0.717) is 11.4 Å². The Morgan fingerprint density at radius 1 is 0.870 bits per heavy atom. The fourth-order valence-electron chi connectivity index (χ4n) is 7.62. The number of hydrogen-bond donors (Lipinski definition) is 5. The summed E-state index contributed by atoms with van der Waals surface area (Å²) in [4.78, 5) is 64.1. The minimum atomic E-state index is -2.66. The normalized spacial score (nSPS) is 16.3. The summed E-state index contributed by atoms with van der Waals surface area (Å²) in [5, 5.41) is 21.1. The maximum atomic E-state index is 14.8. The van der Waals surface area contributed by atoms with E-state index in [1.807, 2.05) is 78.9 Å². The molecule has 2 unspecified atom stereocenters. The van der Waals surface area contributed by atoms with Crippen LogP contribution in [0, 0.1) is 17.8 Å². The van der Waals surface area contributed by atoms with Crippen molar-refractivity contribution in [2.24, 2.45) is 23.5 Å². The number of nitrogens with two attached hydrogens (primary N) is 1. The number of rotatable bonds is 15. The maximum Gasteiger partial charge on any atom is 0.354 e. The summed E-state index contributed by atoms with van der Waals surface area (Å²) in [5.74, 6) is -5.65. The highest BCUT2D eigenvalue weighted by atomic mass is 16.6. The second-order valence-electron chi connectivity index (χ2n) is 14.7. The first kappa shape index (κ1) is 38.3. The minimum Gasteiger partial charge on any atom is -0.460 e. The molecule has 1 aliphatic carbocycles. The number of anilines is 1. The molecule has 6 N–H and O–H groups in total. The van der Waals surface area contributed by atoms with Gasteiger partial charge in [0.2, 0.25) is 17.5 Å². The number of nitrogens with one attached hydrogen (secondary N) is 3. The molecule has 54 heavy (non-hydrogen) atoms. The van der Waals surface area contributed by atoms with E-state index in [0.717, 1.165) is 59.2 Å². The average molecular weight is 732 g/mol. The Balaban J connectivity index is 1.36. The fraction of sp³-hybridized carbons (Fsp3) is 0.372. The van der Waals surface area contributed by atoms with Gasteiger partial charge in [0.05, 0.1) is 24.4 Å². The Kier molecular flexibility index (Phi) is 12.2. The number of hydrogen-bond acceptors (Lipinski definition) is 8. The van der Waals surface area contributed by atoms with Gasteiger partial charge in [0, 0.05) is 29.4 Å². The van der Waals surface area contributed by atoms with E-state index in [-0.39, 0.29) is 25.2 Å². The number of Topliss-reactive ketones (excluding diaryl/α,β-unsaturated/α-hetero) is 1. The van der Waals surface area contributed by atoms with Crippen molar-refractivity contribution in [2.45, 2.75) is 83.1 Å². The molecule has 1 fully saturated rings. The minimum absolute atomic E-state index is 0.0296. The number of ketones is 1. The van der Waals surface area contributed by atoms with E-state index in [2.05, 4.69) is 20.6 Å². The van der Waals surface area contributed by atoms with Crippen LogP contribution in [0.2, 0.25) is 0 Å². The van der Waals surface area contributed by atoms with Crippen molar-refractivity contribution in [2.75, 3.05) is 5.32 Å². The number of fused-ring (bicyclic) bond motifs is 2. The van der Waals surface area contributed by atoms with Crippen LogP contribution in [0.15, 0.2) is 97.5 Å². The zero-order valence-corrected chi connectivity index (χ0v) is 30.8. The SMILES string of the molecule is CC(C)OC(=O)C(N)(O)[C@H](CC1CCCCC1)C(=O)[C@H](Cc1cnc[nH]1)NC(=O)C(Cc1cccc2ccccc12)C(=O)Nc1cccc2ccccc12. The number of carbonyl (C=O) groups is 4. The van der Waals surface area contributed by atoms with E-state index in [4.69, 9.17) is 10.5 Å². The van der Waals surface area contributed by atoms with Crippen molar-refractivity contribution in [1.29, 1.82) is 0 Å². The predicted molar refractivity (Wildman–Crippen MR) is 208 cm³/mol. The predicted octanol–water partition coefficient (Wildman–Crippen LogP) is 6.00. The van der Waals surface area contributed by atoms with Crippen molar-refractivity contribution in [3.63, 3.8) is 0 Å². The van der Waals surface area contributed by atoms with E-state index in [1.165, 1.54) is 12.5 Å². The van der Waals surface area contributed by atoms with Gasteiger partial charge in [0.25, 0.3) is 0 Å². The van der Waals surface area contributed by atoms with Crippen molar-refractivity contribution in [1.82, 2.24) is 15.3 Å². The van der Waals surface area contributed by atoms with E-state index in [1.54, 1.807) is 19.9 Å². The molecule has 1 aliphatic rings. The first-order chi connectivity index (χ1) is 26.0. The number of aromatic amines is 1. The van der Waals surface area contributed by atoms with Crippen molar-refractivity contribution in [3.8, 4) is 0 Å². The third-order valence-electron chi connectivity index (χ3n) is 10.5. The molecule has 11 nitrogen and oxygen atoms in total. The second-order valence-corrected chi connectivity index (χ2v) is 14.7. The van der Waals surface area contributed by atoms with Crippen LogP contribution < -0.4 is 16.4 Å². The largest absolute Gasteiger partial charge is 0.460 e. The first-order valence-corrected chi connectivity index (χ1v) is 18.8. The van der Waals surface area contributed by atoms with E-state index >= 15 is 0 Å². The summed E-state index contributed by atoms with van der Waals surface area (Å²) in [6.45, 7) is 3.26. The number of aromatic nitrogens is 2. The molecule has 1 aromatic heterocycles. The van der Waals surface area contributed by atoms with Crippen molar-refractivity contribution in [3.05, 3.63) is 109 Å². The molecule has 4 atom stereocenters. The number of benzene rings is 4. The van der Waals surface area contributed by atoms with Gasteiger partial charge in [-0.25, -0.2) is 9.78 Å². The number of carbonyl (C=O) groups excluding carboxylic acids is 4. The molecule has 5 aromatic rings. The molecule has 282 valence electrons. The third-order valence-corrected chi connectivity index (χ3v) is 10.5. The maximum absolute atomic E-state index is 14.8. The summed E-state index contributed by atoms with van der Waals surface area (Å²) >= 11 is 0. The van der Waals surface area contributed by atoms with Crippen LogP contribution in [-0.2, 0) is 36.8 Å². The van der Waals surface area contributed by atoms with Crippen LogP contribution in [0.25, 0.3) is 21.5 Å². The molecule has 1 saturated carbocycles. The topological polar surface area (TPSA) is 176 Å². The molecule has 1 heterocycles. The quantitative estimate of drug-likeness (QED) is 0.0495. The monoisotopic (exact) mass is 731 g/mol. The van der Waals surface area contributed by atoms with Gasteiger partial charge in [-0.05, 0) is 60.4 Å². The second kappa shape index (κ2) is 17.2. The number of esters is 1. The molecule has 2 amide bonds. The van der Waals surface area contributed by atoms with Crippen molar-refractivity contribution >= 4 is 50.8 Å². The molecular weight excluding hydrogens is 683 g/mol. The van der Waals surface area contributed by atoms with Crippen LogP contribution in [0.1, 0.15) is 63.6 Å². The van der Waals surface area contributed by atoms with Gasteiger partial charge in [0.15, 0.2) is 5.78 Å². The number of amides is 2. The fourth-order valence-corrected chi connectivity index (χ4v) is 7.62. The highest BCUT2D eigenvalue weighted by molar-refractivity contribution is 6.11. The van der Waals surface area contributed by atoms with Crippen LogP contribution in [-0.4, -0.2) is 56.5 Å². The molecule has 0 aliphatic heterocycles. The standard InChI is InChI=1S/C43H49N5O6/c1-27(2)54-42(52)43(44,53)36(22-28-12-4-3-5-13-28)39(49)38(24-32-25-45-26-46-32)48-41(51)35(23-31-18-10-16-29-14-6-8-19-33(29)31)40(50)47-37-21-11-17-30-15-7-9-20-34(30)37/h6-11,14-21,25-28,35-36,38,53H,3-5,12-13,22-24,44H2,1-2H3,(H,45,46)(H,47,50)(H,48,51)/t35?,36-,38+,43?/m1/s1. The third kappa shape index (κ3) is 9.03. The molecule has 0 radical (unpaired) electrons. The molecular formula is C43H49N5O6. The van der Waals surface area contributed by atoms with Crippen LogP contribution in [0.3, 0.4) is 0 Å². The number of H-pyrrole nitrogens is 1. The summed E-state index contributed by atoms with van der Waals surface area (Å²) in [6.07, 6.45) is 7.13. The lowest BCUT2D eigenvalue weighted by Gasteiger charge is -2.35. The van der Waals surface area contributed by atoms with Gasteiger partial charge >= 0.3 is 5.97 Å². The Bertz CT molecular complexity index is 2080. The Morgan fingerprint density at radius 2 is 1.52 bits per heavy atom. The summed E-state index contributed by atoms with van der Waals surface area (Å²) in [5.41, 5.74) is 5.56. The Morgan fingerprint density at radius 3 is 2.20 bits per heavy atom. The summed E-state index contributed by atoms with van der Waals surface area (Å²) in [7, 11) is 0. The first-order valence-electron chi connectivity index (χ1n) is 18.8. The highest BCUT2D eigenvalue weighted by Gasteiger charge is 2.49. The number of ether oxygens (including phenoxy) is 1. The molecule has 0 spiro atoms. The summed E-state index contributed by atoms with van der Waals surface area (Å²) in [6, 6.07) is 25.4. The van der Waals surface area contributed by atoms with Gasteiger partial charge in [-0.3, -0.25) is 20.1 Å². The van der Waals surface area contributed by atoms with Gasteiger partial charge in [-0.1, -0.05) is 111 Å². The molecule has 11 heteroatoms. The lowest BCUT2D eigenvalue weighted by molar-refractivity contribution is -0.179. The summed E-state index contributed by atoms with van der Waals surface area (Å²) < 4.78 is 5.34. The lowest BCUT2D eigenvalue weighted by atomic mass is 9.76. The Hall–Kier alpha value is -5.39. The molecule has 6 rings (SSSR count). The lowest BCUT2D eigenvalue weighted by Crippen LogP contribution is -2.61. The zero-order valence-electron chi connectivity index (χ0n) is 30.8. The molecule has 0 bridgehead atoms. The van der Waals surface area contributed by atoms with Gasteiger partial charge in [-0.2, -0.15) is 0 Å². The van der Waals surface area contributed by atoms with Crippen LogP contribution in [0.4, 0.5) is 5.69 Å². The number of aliphatic hydroxyl groups is 1. The van der Waals surface area contributed by atoms with E-state index in [9.17, 15) is 24.3 Å². The van der Waals surface area contributed by atoms with Gasteiger partial charge in [0.1, 0.15) is 5.92 Å². The number of nitrogens with zero attached hydrogens (tertiary/aromatic N) is 1.